The van der Waals surface area contributed by atoms with E-state index in [1.54, 1.807) is 29.2 Å². The monoisotopic (exact) mass is 512 g/mol. The van der Waals surface area contributed by atoms with E-state index in [4.69, 9.17) is 4.98 Å². The van der Waals surface area contributed by atoms with Crippen molar-refractivity contribution in [3.63, 3.8) is 0 Å². The number of nitrogens with one attached hydrogen (secondary N) is 1. The third-order valence-corrected chi connectivity index (χ3v) is 8.98. The van der Waals surface area contributed by atoms with E-state index in [0.717, 1.165) is 40.5 Å². The van der Waals surface area contributed by atoms with Gasteiger partial charge in [0, 0.05) is 16.8 Å². The number of carbonyl (C=O) groups is 1. The lowest BCUT2D eigenvalue weighted by atomic mass is 10.1. The Hall–Kier alpha value is -2.53. The molecule has 0 unspecified atom stereocenters. The van der Waals surface area contributed by atoms with Crippen LogP contribution >= 0.6 is 46.2 Å². The lowest BCUT2D eigenvalue weighted by molar-refractivity contribution is -0.113. The molecule has 3 aromatic carbocycles. The number of aromatic nitrogens is 3. The number of benzene rings is 3. The Bertz CT molecular complexity index is 1470. The van der Waals surface area contributed by atoms with Crippen molar-refractivity contribution in [1.29, 1.82) is 0 Å². The fraction of sp³-hybridized carbons (Fsp3) is 0.130. The molecule has 5 rings (SSSR count). The molecule has 0 aliphatic rings. The number of carbonyl (C=O) groups excluding carboxylic acids is 1. The first kappa shape index (κ1) is 22.3. The first-order valence-corrected chi connectivity index (χ1v) is 13.6. The lowest BCUT2D eigenvalue weighted by Crippen LogP contribution is -2.13. The van der Waals surface area contributed by atoms with Gasteiger partial charge >= 0.3 is 0 Å². The number of hydrogen-bond acceptors (Lipinski definition) is 8. The maximum absolute atomic E-state index is 14.1. The fourth-order valence-corrected chi connectivity index (χ4v) is 7.02. The third-order valence-electron chi connectivity index (χ3n) is 4.80. The van der Waals surface area contributed by atoms with Gasteiger partial charge in [0.25, 0.3) is 0 Å². The van der Waals surface area contributed by atoms with Crippen molar-refractivity contribution < 1.29 is 9.18 Å². The van der Waals surface area contributed by atoms with Gasteiger partial charge in [-0.2, -0.15) is 0 Å². The van der Waals surface area contributed by atoms with Crippen molar-refractivity contribution in [2.24, 2.45) is 0 Å². The first-order valence-electron chi connectivity index (χ1n) is 9.97. The summed E-state index contributed by atoms with van der Waals surface area (Å²) in [7, 11) is 0. The molecule has 166 valence electrons. The summed E-state index contributed by atoms with van der Waals surface area (Å²) in [6.45, 7) is 1.89. The zero-order valence-electron chi connectivity index (χ0n) is 17.4. The maximum atomic E-state index is 14.1. The Labute approximate surface area is 205 Å². The first-order chi connectivity index (χ1) is 16.0. The van der Waals surface area contributed by atoms with Gasteiger partial charge in [-0.3, -0.25) is 4.79 Å². The third kappa shape index (κ3) is 5.19. The van der Waals surface area contributed by atoms with Crippen LogP contribution in [0.3, 0.4) is 0 Å². The van der Waals surface area contributed by atoms with Crippen molar-refractivity contribution in [2.45, 2.75) is 21.4 Å². The van der Waals surface area contributed by atoms with Gasteiger partial charge in [0.15, 0.2) is 8.68 Å². The van der Waals surface area contributed by atoms with Crippen LogP contribution in [0.4, 0.5) is 10.1 Å². The van der Waals surface area contributed by atoms with Crippen molar-refractivity contribution in [2.75, 3.05) is 11.1 Å². The van der Waals surface area contributed by atoms with Gasteiger partial charge < -0.3 is 5.32 Å². The summed E-state index contributed by atoms with van der Waals surface area (Å²) in [6.07, 6.45) is 0. The predicted molar refractivity (Wildman–Crippen MR) is 137 cm³/mol. The number of thioether (sulfide) groups is 2. The minimum atomic E-state index is -0.203. The van der Waals surface area contributed by atoms with E-state index >= 15 is 0 Å². The molecule has 0 spiro atoms. The van der Waals surface area contributed by atoms with E-state index in [1.807, 2.05) is 49.4 Å². The fourth-order valence-electron chi connectivity index (χ4n) is 3.29. The summed E-state index contributed by atoms with van der Waals surface area (Å²) in [5, 5.41) is 13.4. The van der Waals surface area contributed by atoms with Gasteiger partial charge in [0.1, 0.15) is 10.8 Å². The van der Waals surface area contributed by atoms with Crippen molar-refractivity contribution >= 4 is 78.8 Å². The molecule has 5 aromatic rings. The van der Waals surface area contributed by atoms with Crippen LogP contribution in [0.5, 0.6) is 0 Å². The van der Waals surface area contributed by atoms with Crippen LogP contribution < -0.4 is 5.32 Å². The molecule has 10 heteroatoms. The number of halogens is 1. The molecule has 5 nitrogen and oxygen atoms in total. The molecule has 0 atom stereocenters. The van der Waals surface area contributed by atoms with Crippen LogP contribution in [0.1, 0.15) is 10.6 Å². The smallest absolute Gasteiger partial charge is 0.234 e. The van der Waals surface area contributed by atoms with Gasteiger partial charge in [-0.1, -0.05) is 65.2 Å². The summed E-state index contributed by atoms with van der Waals surface area (Å²) in [6, 6.07) is 16.6. The van der Waals surface area contributed by atoms with Crippen LogP contribution in [0, 0.1) is 12.7 Å². The second-order valence-electron chi connectivity index (χ2n) is 7.13. The Morgan fingerprint density at radius 1 is 1.00 bits per heavy atom. The quantitative estimate of drug-likeness (QED) is 0.243. The molecule has 2 heterocycles. The van der Waals surface area contributed by atoms with Gasteiger partial charge in [-0.05, 0) is 42.1 Å². The standard InChI is InChI=1S/C23H17FN4OS4/c1-13-27-28-23(32-13)31-12-21(29)25-15-7-9-19-20(10-15)33-22(26-19)30-11-14-6-8-18(24)17-5-3-2-4-16(14)17/h2-10H,11-12H2,1H3,(H,25,29). The number of aryl methyl sites for hydroxylation is 1. The molecule has 0 aliphatic heterocycles. The average molecular weight is 513 g/mol. The SMILES string of the molecule is Cc1nnc(SCC(=O)Nc2ccc3nc(SCc4ccc(F)c5ccccc45)sc3c2)s1. The molecule has 0 bridgehead atoms. The van der Waals surface area contributed by atoms with Crippen molar-refractivity contribution in [3.8, 4) is 0 Å². The zero-order chi connectivity index (χ0) is 22.8. The van der Waals surface area contributed by atoms with Crippen molar-refractivity contribution in [3.05, 3.63) is 71.0 Å². The molecule has 0 fully saturated rings. The van der Waals surface area contributed by atoms with E-state index in [0.29, 0.717) is 11.1 Å². The number of fused-ring (bicyclic) bond motifs is 2. The number of rotatable bonds is 7. The van der Waals surface area contributed by atoms with Crippen molar-refractivity contribution in [1.82, 2.24) is 15.2 Å². The topological polar surface area (TPSA) is 67.8 Å². The molecular formula is C23H17FN4OS4. The second kappa shape index (κ2) is 9.76. The number of amides is 1. The second-order valence-corrected chi connectivity index (χ2v) is 11.8. The maximum Gasteiger partial charge on any atom is 0.234 e. The predicted octanol–water partition coefficient (Wildman–Crippen LogP) is 6.77. The van der Waals surface area contributed by atoms with Crippen LogP contribution in [-0.2, 0) is 10.5 Å². The Morgan fingerprint density at radius 3 is 2.67 bits per heavy atom. The molecular weight excluding hydrogens is 496 g/mol. The average Bonchev–Trinajstić information content (AvgIpc) is 3.42. The molecule has 33 heavy (non-hydrogen) atoms. The molecule has 0 saturated carbocycles. The number of thiazole rings is 1. The molecule has 0 saturated heterocycles. The normalized spacial score (nSPS) is 11.3. The summed E-state index contributed by atoms with van der Waals surface area (Å²) < 4.78 is 16.8. The number of anilines is 1. The Kier molecular flexibility index (Phi) is 6.59. The van der Waals surface area contributed by atoms with Gasteiger partial charge in [-0.15, -0.1) is 21.5 Å². The van der Waals surface area contributed by atoms with Gasteiger partial charge in [-0.25, -0.2) is 9.37 Å². The largest absolute Gasteiger partial charge is 0.325 e. The van der Waals surface area contributed by atoms with Crippen LogP contribution in [-0.4, -0.2) is 26.8 Å². The highest BCUT2D eigenvalue weighted by molar-refractivity contribution is 8.01. The zero-order valence-corrected chi connectivity index (χ0v) is 20.6. The van der Waals surface area contributed by atoms with E-state index in [-0.39, 0.29) is 17.5 Å². The minimum absolute atomic E-state index is 0.0884. The molecule has 0 aliphatic carbocycles. The molecule has 1 N–H and O–H groups in total. The highest BCUT2D eigenvalue weighted by atomic mass is 32.2. The summed E-state index contributed by atoms with van der Waals surface area (Å²) >= 11 is 6.07. The van der Waals surface area contributed by atoms with Gasteiger partial charge in [0.05, 0.1) is 16.0 Å². The Morgan fingerprint density at radius 2 is 1.85 bits per heavy atom. The van der Waals surface area contributed by atoms with Crippen LogP contribution in [0.15, 0.2) is 63.3 Å². The highest BCUT2D eigenvalue weighted by Gasteiger charge is 2.11. The number of nitrogens with zero attached hydrogens (tertiary/aromatic N) is 3. The van der Waals surface area contributed by atoms with E-state index < -0.39 is 0 Å². The van der Waals surface area contributed by atoms with Gasteiger partial charge in [0.2, 0.25) is 5.91 Å². The van der Waals surface area contributed by atoms with Crippen LogP contribution in [0.25, 0.3) is 21.0 Å². The molecule has 0 radical (unpaired) electrons. The van der Waals surface area contributed by atoms with E-state index in [2.05, 4.69) is 15.5 Å². The number of hydrogen-bond donors (Lipinski definition) is 1. The molecule has 2 aromatic heterocycles. The highest BCUT2D eigenvalue weighted by Crippen LogP contribution is 2.34. The summed E-state index contributed by atoms with van der Waals surface area (Å²) in [4.78, 5) is 17.0. The van der Waals surface area contributed by atoms with Crippen LogP contribution in [0.2, 0.25) is 0 Å². The summed E-state index contributed by atoms with van der Waals surface area (Å²) in [5.74, 6) is 0.689. The lowest BCUT2D eigenvalue weighted by Gasteiger charge is -2.06. The van der Waals surface area contributed by atoms with E-state index in [9.17, 15) is 9.18 Å². The minimum Gasteiger partial charge on any atom is -0.325 e. The summed E-state index contributed by atoms with van der Waals surface area (Å²) in [5.41, 5.74) is 2.71. The molecule has 1 amide bonds. The van der Waals surface area contributed by atoms with E-state index in [1.165, 1.54) is 29.2 Å². The Balaban J connectivity index is 1.25.